The van der Waals surface area contributed by atoms with Crippen molar-refractivity contribution in [1.82, 2.24) is 16.0 Å². The maximum Gasteiger partial charge on any atom is 0.326 e. The number of carbonyl (C=O) groups is 6. The van der Waals surface area contributed by atoms with Crippen LogP contribution in [0.25, 0.3) is 0 Å². The van der Waals surface area contributed by atoms with E-state index in [1.165, 1.54) is 0 Å². The number of nitrogens with one attached hydrogen (secondary N) is 3. The fourth-order valence-corrected chi connectivity index (χ4v) is 2.45. The van der Waals surface area contributed by atoms with Crippen LogP contribution in [-0.4, -0.2) is 88.2 Å². The van der Waals surface area contributed by atoms with Crippen molar-refractivity contribution in [2.75, 3.05) is 13.2 Å². The van der Waals surface area contributed by atoms with Crippen molar-refractivity contribution in [2.24, 2.45) is 17.2 Å². The van der Waals surface area contributed by atoms with Crippen LogP contribution >= 0.6 is 0 Å². The molecule has 0 aliphatic heterocycles. The molecule has 12 N–H and O–H groups in total. The minimum atomic E-state index is -1.73. The summed E-state index contributed by atoms with van der Waals surface area (Å²) >= 11 is 0. The van der Waals surface area contributed by atoms with Crippen molar-refractivity contribution >= 4 is 35.6 Å². The Morgan fingerprint density at radius 1 is 0.781 bits per heavy atom. The molecule has 0 heterocycles. The Morgan fingerprint density at radius 2 is 1.28 bits per heavy atom. The normalized spacial score (nSPS) is 14.3. The Morgan fingerprint density at radius 3 is 1.72 bits per heavy atom. The van der Waals surface area contributed by atoms with Crippen molar-refractivity contribution in [3.05, 3.63) is 0 Å². The van der Waals surface area contributed by atoms with Crippen LogP contribution < -0.4 is 33.2 Å². The second-order valence-corrected chi connectivity index (χ2v) is 6.86. The predicted molar refractivity (Wildman–Crippen MR) is 107 cm³/mol. The molecular weight excluding hydrogens is 432 g/mol. The zero-order valence-corrected chi connectivity index (χ0v) is 17.3. The third kappa shape index (κ3) is 11.2. The van der Waals surface area contributed by atoms with Gasteiger partial charge in [0.2, 0.25) is 23.6 Å². The number of hydrogen-bond acceptors (Lipinski definition) is 9. The summed E-state index contributed by atoms with van der Waals surface area (Å²) < 4.78 is 0. The largest absolute Gasteiger partial charge is 0.481 e. The number of aliphatic hydroxyl groups is 1. The van der Waals surface area contributed by atoms with Gasteiger partial charge in [0, 0.05) is 0 Å². The van der Waals surface area contributed by atoms with E-state index in [1.54, 1.807) is 0 Å². The number of aliphatic hydroxyl groups excluding tert-OH is 1. The van der Waals surface area contributed by atoms with Crippen LogP contribution in [0, 0.1) is 0 Å². The Hall–Kier alpha value is -3.30. The van der Waals surface area contributed by atoms with Crippen LogP contribution in [0.2, 0.25) is 0 Å². The molecule has 0 aliphatic carbocycles. The van der Waals surface area contributed by atoms with Crippen molar-refractivity contribution in [1.29, 1.82) is 0 Å². The van der Waals surface area contributed by atoms with Gasteiger partial charge < -0.3 is 48.5 Å². The molecule has 4 unspecified atom stereocenters. The third-order valence-electron chi connectivity index (χ3n) is 4.14. The minimum Gasteiger partial charge on any atom is -0.481 e. The van der Waals surface area contributed by atoms with E-state index < -0.39 is 79.2 Å². The summed E-state index contributed by atoms with van der Waals surface area (Å²) in [6, 6.07) is -6.12. The van der Waals surface area contributed by atoms with Crippen molar-refractivity contribution in [2.45, 2.75) is 56.3 Å². The van der Waals surface area contributed by atoms with Crippen LogP contribution in [0.1, 0.15) is 32.1 Å². The second kappa shape index (κ2) is 14.7. The number of rotatable bonds is 16. The first-order chi connectivity index (χ1) is 14.9. The number of carboxylic acid groups (broad SMARTS) is 2. The first-order valence-corrected chi connectivity index (χ1v) is 9.63. The number of amides is 4. The highest BCUT2D eigenvalue weighted by atomic mass is 16.4. The van der Waals surface area contributed by atoms with Crippen molar-refractivity contribution in [3.63, 3.8) is 0 Å². The number of nitrogens with two attached hydrogens (primary N) is 3. The zero-order valence-electron chi connectivity index (χ0n) is 17.3. The number of aliphatic carboxylic acids is 2. The zero-order chi connectivity index (χ0) is 24.8. The van der Waals surface area contributed by atoms with Crippen LogP contribution in [0.5, 0.6) is 0 Å². The fraction of sp³-hybridized carbons (Fsp3) is 0.647. The van der Waals surface area contributed by atoms with Gasteiger partial charge in [0.25, 0.3) is 0 Å². The molecule has 0 saturated heterocycles. The average molecular weight is 462 g/mol. The van der Waals surface area contributed by atoms with Gasteiger partial charge in [-0.3, -0.25) is 24.0 Å². The topological polar surface area (TPSA) is 277 Å². The van der Waals surface area contributed by atoms with Crippen LogP contribution in [0.4, 0.5) is 0 Å². The lowest BCUT2D eigenvalue weighted by Crippen LogP contribution is -2.58. The number of hydrogen-bond donors (Lipinski definition) is 9. The first kappa shape index (κ1) is 28.7. The molecule has 4 amide bonds. The molecule has 0 fully saturated rings. The minimum absolute atomic E-state index is 0.0193. The van der Waals surface area contributed by atoms with E-state index in [1.807, 2.05) is 0 Å². The number of carbonyl (C=O) groups excluding carboxylic acids is 4. The molecule has 0 aromatic rings. The molecule has 182 valence electrons. The summed E-state index contributed by atoms with van der Waals surface area (Å²) in [6.45, 7) is -0.452. The lowest BCUT2D eigenvalue weighted by atomic mass is 10.1. The van der Waals surface area contributed by atoms with Crippen LogP contribution in [0.15, 0.2) is 0 Å². The number of primary amides is 1. The van der Waals surface area contributed by atoms with Gasteiger partial charge in [-0.2, -0.15) is 0 Å². The number of unbranched alkanes of at least 4 members (excludes halogenated alkanes) is 1. The molecule has 15 nitrogen and oxygen atoms in total. The molecule has 0 spiro atoms. The highest BCUT2D eigenvalue weighted by Crippen LogP contribution is 2.04. The van der Waals surface area contributed by atoms with E-state index in [-0.39, 0.29) is 6.42 Å². The quantitative estimate of drug-likeness (QED) is 0.0982. The monoisotopic (exact) mass is 462 g/mol. The van der Waals surface area contributed by atoms with Crippen LogP contribution in [-0.2, 0) is 28.8 Å². The summed E-state index contributed by atoms with van der Waals surface area (Å²) in [6.07, 6.45) is -0.736. The SMILES string of the molecule is NCCCCC(NC(=O)C(CC(=O)O)NC(=O)C(CC(N)=O)NC(=O)C(N)CO)C(=O)O. The Labute approximate surface area is 183 Å². The maximum atomic E-state index is 12.5. The van der Waals surface area contributed by atoms with E-state index >= 15 is 0 Å². The summed E-state index contributed by atoms with van der Waals surface area (Å²) in [4.78, 5) is 70.6. The van der Waals surface area contributed by atoms with E-state index in [4.69, 9.17) is 27.4 Å². The van der Waals surface area contributed by atoms with Gasteiger partial charge in [0.1, 0.15) is 24.2 Å². The molecule has 0 bridgehead atoms. The fourth-order valence-electron chi connectivity index (χ4n) is 2.45. The molecular formula is C17H30N6O9. The van der Waals surface area contributed by atoms with Gasteiger partial charge in [-0.1, -0.05) is 0 Å². The molecule has 0 radical (unpaired) electrons. The predicted octanol–water partition coefficient (Wildman–Crippen LogP) is -4.68. The van der Waals surface area contributed by atoms with E-state index in [9.17, 15) is 33.9 Å². The lowest BCUT2D eigenvalue weighted by molar-refractivity contribution is -0.144. The molecule has 15 heteroatoms. The summed E-state index contributed by atoms with van der Waals surface area (Å²) in [5.74, 6) is -7.10. The molecule has 0 aromatic carbocycles. The van der Waals surface area contributed by atoms with Gasteiger partial charge >= 0.3 is 11.9 Å². The highest BCUT2D eigenvalue weighted by molar-refractivity contribution is 5.97. The van der Waals surface area contributed by atoms with E-state index in [0.717, 1.165) is 0 Å². The smallest absolute Gasteiger partial charge is 0.326 e. The Kier molecular flexibility index (Phi) is 13.1. The second-order valence-electron chi connectivity index (χ2n) is 6.86. The van der Waals surface area contributed by atoms with Crippen molar-refractivity contribution < 1.29 is 44.1 Å². The van der Waals surface area contributed by atoms with Gasteiger partial charge in [-0.15, -0.1) is 0 Å². The summed E-state index contributed by atoms with van der Waals surface area (Å²) in [5.41, 5.74) is 15.7. The molecule has 0 aliphatic rings. The highest BCUT2D eigenvalue weighted by Gasteiger charge is 2.32. The molecule has 32 heavy (non-hydrogen) atoms. The van der Waals surface area contributed by atoms with Crippen molar-refractivity contribution in [3.8, 4) is 0 Å². The van der Waals surface area contributed by atoms with Gasteiger partial charge in [-0.05, 0) is 25.8 Å². The third-order valence-corrected chi connectivity index (χ3v) is 4.14. The lowest BCUT2D eigenvalue weighted by Gasteiger charge is -2.24. The average Bonchev–Trinajstić information content (AvgIpc) is 2.70. The summed E-state index contributed by atoms with van der Waals surface area (Å²) in [7, 11) is 0. The molecule has 0 aromatic heterocycles. The van der Waals surface area contributed by atoms with Gasteiger partial charge in [0.15, 0.2) is 0 Å². The molecule has 0 rings (SSSR count). The first-order valence-electron chi connectivity index (χ1n) is 9.63. The maximum absolute atomic E-state index is 12.5. The summed E-state index contributed by atoms with van der Waals surface area (Å²) in [5, 5.41) is 33.5. The number of carboxylic acids is 2. The molecule has 0 saturated carbocycles. The Balaban J connectivity index is 5.44. The van der Waals surface area contributed by atoms with E-state index in [2.05, 4.69) is 16.0 Å². The van der Waals surface area contributed by atoms with E-state index in [0.29, 0.717) is 19.4 Å². The standard InChI is InChI=1S/C17H30N6O9/c18-4-2-1-3-9(17(31)32)21-16(30)11(6-13(26)27)23-15(29)10(5-12(20)25)22-14(28)8(19)7-24/h8-11,24H,1-7,18-19H2,(H2,20,25)(H,21,30)(H,22,28)(H,23,29)(H,26,27)(H,31,32). The van der Waals surface area contributed by atoms with Crippen LogP contribution in [0.3, 0.4) is 0 Å². The van der Waals surface area contributed by atoms with Gasteiger partial charge in [-0.25, -0.2) is 4.79 Å². The molecule has 4 atom stereocenters. The Bertz CT molecular complexity index is 702. The van der Waals surface area contributed by atoms with Gasteiger partial charge in [0.05, 0.1) is 19.4 Å².